The van der Waals surface area contributed by atoms with E-state index in [1.807, 2.05) is 0 Å². The van der Waals surface area contributed by atoms with Crippen LogP contribution in [0.2, 0.25) is 0 Å². The van der Waals surface area contributed by atoms with Gasteiger partial charge in [-0.15, -0.1) is 0 Å². The minimum absolute atomic E-state index is 0.132. The molecule has 0 aromatic carbocycles. The van der Waals surface area contributed by atoms with Gasteiger partial charge in [-0.2, -0.15) is 0 Å². The number of carbonyl (C=O) groups excluding carboxylic acids is 2. The Morgan fingerprint density at radius 3 is 2.50 bits per heavy atom. The standard InChI is InChI=1S/C8H12N2O2/c1-3-5-8(12)10(4-2)6-7(9)11/h3-5H,2,6H2,1H3,(H2,9,11)/b5-3-. The smallest absolute Gasteiger partial charge is 0.250 e. The molecule has 0 aliphatic rings. The Kier molecular flexibility index (Phi) is 4.45. The van der Waals surface area contributed by atoms with E-state index in [0.29, 0.717) is 0 Å². The summed E-state index contributed by atoms with van der Waals surface area (Å²) in [4.78, 5) is 22.6. The van der Waals surface area contributed by atoms with Gasteiger partial charge in [0.05, 0.1) is 0 Å². The summed E-state index contributed by atoms with van der Waals surface area (Å²) in [7, 11) is 0. The lowest BCUT2D eigenvalue weighted by atomic mass is 10.4. The quantitative estimate of drug-likeness (QED) is 0.601. The molecule has 0 fully saturated rings. The molecule has 12 heavy (non-hydrogen) atoms. The molecule has 0 aromatic heterocycles. The highest BCUT2D eigenvalue weighted by atomic mass is 16.2. The first-order chi connectivity index (χ1) is 5.61. The Bertz CT molecular complexity index is 221. The summed E-state index contributed by atoms with van der Waals surface area (Å²) in [5, 5.41) is 0. The first kappa shape index (κ1) is 10.4. The second-order valence-corrected chi connectivity index (χ2v) is 2.12. The molecule has 0 atom stereocenters. The van der Waals surface area contributed by atoms with Gasteiger partial charge in [0.15, 0.2) is 0 Å². The number of hydrogen-bond acceptors (Lipinski definition) is 2. The van der Waals surface area contributed by atoms with Gasteiger partial charge in [-0.05, 0) is 13.0 Å². The summed E-state index contributed by atoms with van der Waals surface area (Å²) >= 11 is 0. The van der Waals surface area contributed by atoms with Gasteiger partial charge in [0.2, 0.25) is 5.91 Å². The molecule has 0 rings (SSSR count). The van der Waals surface area contributed by atoms with Crippen molar-refractivity contribution in [2.24, 2.45) is 5.73 Å². The number of primary amides is 1. The molecule has 2 N–H and O–H groups in total. The van der Waals surface area contributed by atoms with Gasteiger partial charge in [0.25, 0.3) is 5.91 Å². The molecule has 0 radical (unpaired) electrons. The Labute approximate surface area is 71.3 Å². The largest absolute Gasteiger partial charge is 0.368 e. The van der Waals surface area contributed by atoms with Crippen LogP contribution in [0.3, 0.4) is 0 Å². The Hall–Kier alpha value is -1.58. The SMILES string of the molecule is C=CN(CC(N)=O)C(=O)/C=C\C. The van der Waals surface area contributed by atoms with Crippen LogP contribution in [0, 0.1) is 0 Å². The normalized spacial score (nSPS) is 9.75. The van der Waals surface area contributed by atoms with Crippen LogP contribution in [0.4, 0.5) is 0 Å². The maximum absolute atomic E-state index is 11.1. The third-order valence-electron chi connectivity index (χ3n) is 1.14. The fourth-order valence-corrected chi connectivity index (χ4v) is 0.639. The first-order valence-corrected chi connectivity index (χ1v) is 3.46. The lowest BCUT2D eigenvalue weighted by Gasteiger charge is -2.12. The van der Waals surface area contributed by atoms with Gasteiger partial charge in [-0.3, -0.25) is 9.59 Å². The monoisotopic (exact) mass is 168 g/mol. The topological polar surface area (TPSA) is 63.4 Å². The van der Waals surface area contributed by atoms with Crippen LogP contribution in [0.1, 0.15) is 6.92 Å². The minimum Gasteiger partial charge on any atom is -0.368 e. The lowest BCUT2D eigenvalue weighted by molar-refractivity contribution is -0.128. The zero-order valence-electron chi connectivity index (χ0n) is 6.99. The van der Waals surface area contributed by atoms with E-state index in [9.17, 15) is 9.59 Å². The van der Waals surface area contributed by atoms with Crippen LogP contribution in [-0.2, 0) is 9.59 Å². The maximum Gasteiger partial charge on any atom is 0.250 e. The van der Waals surface area contributed by atoms with Crippen LogP contribution in [0.5, 0.6) is 0 Å². The average molecular weight is 168 g/mol. The zero-order valence-corrected chi connectivity index (χ0v) is 6.99. The number of hydrogen-bond donors (Lipinski definition) is 1. The van der Waals surface area contributed by atoms with Crippen LogP contribution in [0.15, 0.2) is 24.9 Å². The van der Waals surface area contributed by atoms with Crippen molar-refractivity contribution < 1.29 is 9.59 Å². The highest BCUT2D eigenvalue weighted by Gasteiger charge is 2.08. The maximum atomic E-state index is 11.1. The molecular formula is C8H12N2O2. The van der Waals surface area contributed by atoms with E-state index in [2.05, 4.69) is 6.58 Å². The van der Waals surface area contributed by atoms with Crippen LogP contribution < -0.4 is 5.73 Å². The summed E-state index contributed by atoms with van der Waals surface area (Å²) in [5.41, 5.74) is 4.90. The van der Waals surface area contributed by atoms with E-state index in [1.165, 1.54) is 12.3 Å². The van der Waals surface area contributed by atoms with Crippen molar-refractivity contribution in [2.45, 2.75) is 6.92 Å². The molecule has 0 saturated carbocycles. The molecule has 0 aliphatic heterocycles. The molecule has 0 spiro atoms. The summed E-state index contributed by atoms with van der Waals surface area (Å²) in [6, 6.07) is 0. The van der Waals surface area contributed by atoms with Crippen molar-refractivity contribution in [1.29, 1.82) is 0 Å². The molecule has 0 aromatic rings. The van der Waals surface area contributed by atoms with Crippen molar-refractivity contribution >= 4 is 11.8 Å². The lowest BCUT2D eigenvalue weighted by Crippen LogP contribution is -2.33. The molecular weight excluding hydrogens is 156 g/mol. The number of nitrogens with zero attached hydrogens (tertiary/aromatic N) is 1. The van der Waals surface area contributed by atoms with E-state index in [1.54, 1.807) is 13.0 Å². The Balaban J connectivity index is 4.24. The summed E-state index contributed by atoms with van der Waals surface area (Å²) in [5.74, 6) is -0.862. The molecule has 0 bridgehead atoms. The summed E-state index contributed by atoms with van der Waals surface area (Å²) in [6.45, 7) is 4.96. The van der Waals surface area contributed by atoms with E-state index in [0.717, 1.165) is 4.90 Å². The third kappa shape index (κ3) is 3.55. The van der Waals surface area contributed by atoms with Crippen LogP contribution in [0.25, 0.3) is 0 Å². The van der Waals surface area contributed by atoms with Crippen LogP contribution >= 0.6 is 0 Å². The number of allylic oxidation sites excluding steroid dienone is 1. The van der Waals surface area contributed by atoms with Gasteiger partial charge in [-0.1, -0.05) is 12.7 Å². The van der Waals surface area contributed by atoms with Crippen molar-refractivity contribution in [2.75, 3.05) is 6.54 Å². The average Bonchev–Trinajstić information content (AvgIpc) is 2.00. The van der Waals surface area contributed by atoms with E-state index in [4.69, 9.17) is 5.73 Å². The third-order valence-corrected chi connectivity index (χ3v) is 1.14. The van der Waals surface area contributed by atoms with E-state index < -0.39 is 5.91 Å². The molecule has 66 valence electrons. The first-order valence-electron chi connectivity index (χ1n) is 3.46. The fraction of sp³-hybridized carbons (Fsp3) is 0.250. The van der Waals surface area contributed by atoms with Gasteiger partial charge in [-0.25, -0.2) is 0 Å². The van der Waals surface area contributed by atoms with Gasteiger partial charge in [0.1, 0.15) is 6.54 Å². The van der Waals surface area contributed by atoms with Gasteiger partial charge in [0, 0.05) is 6.20 Å². The number of rotatable bonds is 4. The summed E-state index contributed by atoms with van der Waals surface area (Å²) in [6.07, 6.45) is 4.19. The van der Waals surface area contributed by atoms with E-state index in [-0.39, 0.29) is 12.5 Å². The molecule has 0 unspecified atom stereocenters. The van der Waals surface area contributed by atoms with Crippen molar-refractivity contribution in [3.63, 3.8) is 0 Å². The molecule has 2 amide bonds. The second-order valence-electron chi connectivity index (χ2n) is 2.12. The predicted molar refractivity (Wildman–Crippen MR) is 45.9 cm³/mol. The predicted octanol–water partition coefficient (Wildman–Crippen LogP) is 0.0199. The van der Waals surface area contributed by atoms with Gasteiger partial charge >= 0.3 is 0 Å². The number of carbonyl (C=O) groups is 2. The summed E-state index contributed by atoms with van der Waals surface area (Å²) < 4.78 is 0. The molecule has 4 nitrogen and oxygen atoms in total. The van der Waals surface area contributed by atoms with E-state index >= 15 is 0 Å². The highest BCUT2D eigenvalue weighted by Crippen LogP contribution is 1.90. The fourth-order valence-electron chi connectivity index (χ4n) is 0.639. The molecule has 0 aliphatic carbocycles. The molecule has 4 heteroatoms. The minimum atomic E-state index is -0.562. The van der Waals surface area contributed by atoms with Gasteiger partial charge < -0.3 is 10.6 Å². The Morgan fingerprint density at radius 2 is 2.17 bits per heavy atom. The Morgan fingerprint density at radius 1 is 1.58 bits per heavy atom. The zero-order chi connectivity index (χ0) is 9.56. The van der Waals surface area contributed by atoms with Crippen molar-refractivity contribution in [1.82, 2.24) is 4.90 Å². The molecule has 0 saturated heterocycles. The van der Waals surface area contributed by atoms with Crippen molar-refractivity contribution in [3.8, 4) is 0 Å². The highest BCUT2D eigenvalue weighted by molar-refractivity contribution is 5.91. The second kappa shape index (κ2) is 5.12. The number of nitrogens with two attached hydrogens (primary N) is 1. The van der Waals surface area contributed by atoms with Crippen LogP contribution in [-0.4, -0.2) is 23.3 Å². The number of amides is 2. The van der Waals surface area contributed by atoms with Crippen molar-refractivity contribution in [3.05, 3.63) is 24.9 Å². The molecule has 0 heterocycles.